The highest BCUT2D eigenvalue weighted by atomic mass is 28.3. The van der Waals surface area contributed by atoms with Crippen LogP contribution in [0.2, 0.25) is 19.6 Å². The number of hydrogen-bond acceptors (Lipinski definition) is 1. The van der Waals surface area contributed by atoms with Crippen LogP contribution in [0.1, 0.15) is 67.6 Å². The molecule has 118 valence electrons. The Balaban J connectivity index is 2.69. The fourth-order valence-corrected chi connectivity index (χ4v) is 3.60. The van der Waals surface area contributed by atoms with Gasteiger partial charge in [0.15, 0.2) is 6.29 Å². The van der Waals surface area contributed by atoms with Crippen LogP contribution in [0.4, 0.5) is 0 Å². The van der Waals surface area contributed by atoms with E-state index in [4.69, 9.17) is 0 Å². The van der Waals surface area contributed by atoms with Crippen LogP contribution in [0.5, 0.6) is 0 Å². The molecule has 0 radical (unpaired) electrons. The molecule has 1 nitrogen and oxygen atoms in total. The molecule has 1 aliphatic rings. The predicted molar refractivity (Wildman–Crippen MR) is 97.3 cm³/mol. The molecule has 0 aromatic heterocycles. The zero-order valence-electron chi connectivity index (χ0n) is 15.1. The zero-order chi connectivity index (χ0) is 16.8. The van der Waals surface area contributed by atoms with Crippen LogP contribution in [0.25, 0.3) is 0 Å². The van der Waals surface area contributed by atoms with Gasteiger partial charge in [-0.2, -0.15) is 0 Å². The highest BCUT2D eigenvalue weighted by Crippen LogP contribution is 2.46. The first-order valence-corrected chi connectivity index (χ1v) is 11.6. The number of benzene rings is 1. The van der Waals surface area contributed by atoms with Gasteiger partial charge >= 0.3 is 0 Å². The Hall–Kier alpha value is -1.33. The Kier molecular flexibility index (Phi) is 4.17. The van der Waals surface area contributed by atoms with Gasteiger partial charge in [0.1, 0.15) is 8.07 Å². The normalized spacial score (nSPS) is 18.9. The quantitative estimate of drug-likeness (QED) is 0.401. The molecular formula is C20H28OSi. The summed E-state index contributed by atoms with van der Waals surface area (Å²) in [6, 6.07) is 4.28. The van der Waals surface area contributed by atoms with Gasteiger partial charge in [0.2, 0.25) is 0 Å². The van der Waals surface area contributed by atoms with Gasteiger partial charge in [0.25, 0.3) is 0 Å². The van der Waals surface area contributed by atoms with Crippen molar-refractivity contribution >= 4 is 14.4 Å². The molecule has 0 bridgehead atoms. The van der Waals surface area contributed by atoms with Crippen molar-refractivity contribution in [2.24, 2.45) is 0 Å². The highest BCUT2D eigenvalue weighted by Gasteiger charge is 2.37. The molecular weight excluding hydrogens is 284 g/mol. The Morgan fingerprint density at radius 2 is 1.50 bits per heavy atom. The van der Waals surface area contributed by atoms with Crippen LogP contribution < -0.4 is 0 Å². The zero-order valence-corrected chi connectivity index (χ0v) is 16.1. The fourth-order valence-electron chi connectivity index (χ4n) is 3.09. The van der Waals surface area contributed by atoms with Crippen LogP contribution >= 0.6 is 0 Å². The molecule has 0 amide bonds. The third-order valence-corrected chi connectivity index (χ3v) is 5.60. The first-order valence-electron chi connectivity index (χ1n) is 8.14. The van der Waals surface area contributed by atoms with E-state index in [-0.39, 0.29) is 10.8 Å². The van der Waals surface area contributed by atoms with E-state index in [0.29, 0.717) is 0 Å². The summed E-state index contributed by atoms with van der Waals surface area (Å²) in [7, 11) is -1.45. The van der Waals surface area contributed by atoms with Gasteiger partial charge in [-0.3, -0.25) is 4.79 Å². The standard InChI is InChI=1S/C20H28OSi/c1-19(2)9-10-20(3,4)18-13-16(14-21)15(12-17(18)19)8-11-22(5,6)7/h12-14H,9-10H2,1-7H3. The minimum Gasteiger partial charge on any atom is -0.298 e. The van der Waals surface area contributed by atoms with Crippen molar-refractivity contribution in [2.75, 3.05) is 0 Å². The SMILES string of the molecule is CC1(C)CCC(C)(C)c2cc(C=O)c(C#C[Si](C)(C)C)cc21. The molecule has 0 atom stereocenters. The molecule has 0 saturated carbocycles. The number of carbonyl (C=O) groups excluding carboxylic acids is 1. The lowest BCUT2D eigenvalue weighted by Gasteiger charge is -2.42. The molecule has 0 fully saturated rings. The molecule has 0 spiro atoms. The largest absolute Gasteiger partial charge is 0.298 e. The van der Waals surface area contributed by atoms with Crippen molar-refractivity contribution in [3.63, 3.8) is 0 Å². The molecule has 0 unspecified atom stereocenters. The van der Waals surface area contributed by atoms with Crippen molar-refractivity contribution in [1.82, 2.24) is 0 Å². The van der Waals surface area contributed by atoms with Gasteiger partial charge < -0.3 is 0 Å². The summed E-state index contributed by atoms with van der Waals surface area (Å²) < 4.78 is 0. The second-order valence-electron chi connectivity index (χ2n) is 8.87. The Labute approximate surface area is 136 Å². The van der Waals surface area contributed by atoms with Crippen molar-refractivity contribution in [2.45, 2.75) is 71.0 Å². The molecule has 0 aliphatic heterocycles. The number of rotatable bonds is 1. The molecule has 1 aromatic carbocycles. The molecule has 2 heteroatoms. The molecule has 0 heterocycles. The topological polar surface area (TPSA) is 17.1 Å². The summed E-state index contributed by atoms with van der Waals surface area (Å²) >= 11 is 0. The molecule has 0 saturated heterocycles. The van der Waals surface area contributed by atoms with Gasteiger partial charge in [-0.1, -0.05) is 53.3 Å². The fraction of sp³-hybridized carbons (Fsp3) is 0.550. The summed E-state index contributed by atoms with van der Waals surface area (Å²) in [5.74, 6) is 3.30. The van der Waals surface area contributed by atoms with Gasteiger partial charge in [-0.05, 0) is 46.9 Å². The molecule has 1 aromatic rings. The Morgan fingerprint density at radius 3 is 1.95 bits per heavy atom. The first kappa shape index (κ1) is 17.0. The Bertz CT molecular complexity index is 663. The predicted octanol–water partition coefficient (Wildman–Crippen LogP) is 5.08. The maximum Gasteiger partial charge on any atom is 0.151 e. The van der Waals surface area contributed by atoms with Gasteiger partial charge in [0.05, 0.1) is 0 Å². The summed E-state index contributed by atoms with van der Waals surface area (Å²) in [5, 5.41) is 0. The minimum absolute atomic E-state index is 0.132. The van der Waals surface area contributed by atoms with E-state index < -0.39 is 8.07 Å². The lowest BCUT2D eigenvalue weighted by atomic mass is 9.62. The maximum absolute atomic E-state index is 11.6. The lowest BCUT2D eigenvalue weighted by molar-refractivity contribution is 0.112. The van der Waals surface area contributed by atoms with E-state index in [2.05, 4.69) is 70.9 Å². The molecule has 1 aliphatic carbocycles. The van der Waals surface area contributed by atoms with Crippen molar-refractivity contribution < 1.29 is 4.79 Å². The Morgan fingerprint density at radius 1 is 1.00 bits per heavy atom. The third kappa shape index (κ3) is 3.36. The number of carbonyl (C=O) groups is 1. The number of fused-ring (bicyclic) bond motifs is 1. The van der Waals surface area contributed by atoms with Gasteiger partial charge in [-0.25, -0.2) is 0 Å². The van der Waals surface area contributed by atoms with Crippen LogP contribution in [-0.4, -0.2) is 14.4 Å². The van der Waals surface area contributed by atoms with Crippen LogP contribution in [0.15, 0.2) is 12.1 Å². The van der Waals surface area contributed by atoms with Crippen molar-refractivity contribution in [3.05, 3.63) is 34.4 Å². The summed E-state index contributed by atoms with van der Waals surface area (Å²) in [6.45, 7) is 15.9. The van der Waals surface area contributed by atoms with E-state index >= 15 is 0 Å². The van der Waals surface area contributed by atoms with E-state index in [1.807, 2.05) is 0 Å². The van der Waals surface area contributed by atoms with Crippen LogP contribution in [0, 0.1) is 11.5 Å². The number of hydrogen-bond donors (Lipinski definition) is 0. The maximum atomic E-state index is 11.6. The summed E-state index contributed by atoms with van der Waals surface area (Å²) in [5.41, 5.74) is 8.03. The monoisotopic (exact) mass is 312 g/mol. The van der Waals surface area contributed by atoms with Crippen molar-refractivity contribution in [1.29, 1.82) is 0 Å². The van der Waals surface area contributed by atoms with E-state index in [9.17, 15) is 4.79 Å². The average Bonchev–Trinajstić information content (AvgIpc) is 2.40. The smallest absolute Gasteiger partial charge is 0.151 e. The second kappa shape index (κ2) is 5.39. The third-order valence-electron chi connectivity index (χ3n) is 4.72. The van der Waals surface area contributed by atoms with Gasteiger partial charge in [-0.15, -0.1) is 5.54 Å². The lowest BCUT2D eigenvalue weighted by Crippen LogP contribution is -2.34. The van der Waals surface area contributed by atoms with E-state index in [0.717, 1.165) is 23.8 Å². The second-order valence-corrected chi connectivity index (χ2v) is 13.6. The first-order chi connectivity index (χ1) is 9.96. The van der Waals surface area contributed by atoms with E-state index in [1.54, 1.807) is 0 Å². The molecule has 2 rings (SSSR count). The summed E-state index contributed by atoms with van der Waals surface area (Å²) in [4.78, 5) is 11.6. The van der Waals surface area contributed by atoms with Crippen LogP contribution in [-0.2, 0) is 10.8 Å². The summed E-state index contributed by atoms with van der Waals surface area (Å²) in [6.07, 6.45) is 3.30. The minimum atomic E-state index is -1.45. The molecule has 22 heavy (non-hydrogen) atoms. The van der Waals surface area contributed by atoms with Gasteiger partial charge in [0, 0.05) is 11.1 Å². The van der Waals surface area contributed by atoms with E-state index in [1.165, 1.54) is 17.5 Å². The van der Waals surface area contributed by atoms with Crippen molar-refractivity contribution in [3.8, 4) is 11.5 Å². The molecule has 0 N–H and O–H groups in total. The van der Waals surface area contributed by atoms with Crippen LogP contribution in [0.3, 0.4) is 0 Å². The number of aldehydes is 1. The highest BCUT2D eigenvalue weighted by molar-refractivity contribution is 6.83. The average molecular weight is 313 g/mol.